The van der Waals surface area contributed by atoms with Crippen LogP contribution in [0.3, 0.4) is 0 Å². The standard InChI is InChI=1S/C12H11F3O3/c1-17-11(16)8-4-7-2-3-9(12(13,14)15)5-10(7)18-6-8/h2-3,5,8H,4,6H2,1H3. The zero-order valence-electron chi connectivity index (χ0n) is 9.58. The van der Waals surface area contributed by atoms with Crippen LogP contribution < -0.4 is 4.74 Å². The summed E-state index contributed by atoms with van der Waals surface area (Å²) in [5.74, 6) is -0.690. The first-order valence-corrected chi connectivity index (χ1v) is 5.32. The molecular formula is C12H11F3O3. The molecule has 1 atom stereocenters. The molecule has 1 aliphatic heterocycles. The van der Waals surface area contributed by atoms with Crippen LogP contribution in [0.15, 0.2) is 18.2 Å². The fourth-order valence-electron chi connectivity index (χ4n) is 1.87. The van der Waals surface area contributed by atoms with Gasteiger partial charge in [0.05, 0.1) is 18.6 Å². The maximum Gasteiger partial charge on any atom is 0.416 e. The molecule has 1 aromatic rings. The Morgan fingerprint density at radius 3 is 2.78 bits per heavy atom. The number of carbonyl (C=O) groups excluding carboxylic acids is 1. The van der Waals surface area contributed by atoms with Crippen molar-refractivity contribution in [2.24, 2.45) is 5.92 Å². The van der Waals surface area contributed by atoms with E-state index in [2.05, 4.69) is 4.74 Å². The second kappa shape index (κ2) is 4.51. The Morgan fingerprint density at radius 2 is 2.17 bits per heavy atom. The lowest BCUT2D eigenvalue weighted by Gasteiger charge is -2.24. The number of halogens is 3. The Bertz CT molecular complexity index is 468. The summed E-state index contributed by atoms with van der Waals surface area (Å²) in [6.45, 7) is 0.0426. The molecule has 1 heterocycles. The van der Waals surface area contributed by atoms with E-state index in [0.717, 1.165) is 12.1 Å². The quantitative estimate of drug-likeness (QED) is 0.727. The average molecular weight is 260 g/mol. The molecule has 0 N–H and O–H groups in total. The first-order chi connectivity index (χ1) is 8.41. The SMILES string of the molecule is COC(=O)C1COc2cc(C(F)(F)F)ccc2C1. The third-order valence-corrected chi connectivity index (χ3v) is 2.84. The zero-order chi connectivity index (χ0) is 13.3. The van der Waals surface area contributed by atoms with Crippen LogP contribution in [0, 0.1) is 5.92 Å². The normalized spacial score (nSPS) is 18.8. The molecule has 2 rings (SSSR count). The number of hydrogen-bond acceptors (Lipinski definition) is 3. The minimum atomic E-state index is -4.39. The molecule has 1 aliphatic rings. The average Bonchev–Trinajstić information content (AvgIpc) is 2.35. The summed E-state index contributed by atoms with van der Waals surface area (Å²) in [5, 5.41) is 0. The van der Waals surface area contributed by atoms with E-state index in [0.29, 0.717) is 12.0 Å². The van der Waals surface area contributed by atoms with Gasteiger partial charge < -0.3 is 9.47 Å². The van der Waals surface area contributed by atoms with Gasteiger partial charge in [0.25, 0.3) is 0 Å². The van der Waals surface area contributed by atoms with Crippen molar-refractivity contribution >= 4 is 5.97 Å². The van der Waals surface area contributed by atoms with Crippen LogP contribution in [0.5, 0.6) is 5.75 Å². The Balaban J connectivity index is 2.24. The Kier molecular flexibility index (Phi) is 3.19. The molecule has 0 saturated heterocycles. The molecule has 0 saturated carbocycles. The van der Waals surface area contributed by atoms with Crippen LogP contribution in [0.1, 0.15) is 11.1 Å². The van der Waals surface area contributed by atoms with Crippen LogP contribution in [0.4, 0.5) is 13.2 Å². The Hall–Kier alpha value is -1.72. The number of fused-ring (bicyclic) bond motifs is 1. The summed E-state index contributed by atoms with van der Waals surface area (Å²) in [5.41, 5.74) is -0.164. The molecule has 98 valence electrons. The highest BCUT2D eigenvalue weighted by Gasteiger charge is 2.33. The lowest BCUT2D eigenvalue weighted by atomic mass is 9.96. The highest BCUT2D eigenvalue weighted by molar-refractivity contribution is 5.73. The van der Waals surface area contributed by atoms with Gasteiger partial charge >= 0.3 is 12.1 Å². The van der Waals surface area contributed by atoms with Gasteiger partial charge in [-0.3, -0.25) is 4.79 Å². The van der Waals surface area contributed by atoms with E-state index >= 15 is 0 Å². The van der Waals surface area contributed by atoms with E-state index in [1.807, 2.05) is 0 Å². The Morgan fingerprint density at radius 1 is 1.44 bits per heavy atom. The Labute approximate surface area is 102 Å². The van der Waals surface area contributed by atoms with Crippen molar-refractivity contribution < 1.29 is 27.4 Å². The molecule has 1 unspecified atom stereocenters. The number of alkyl halides is 3. The first-order valence-electron chi connectivity index (χ1n) is 5.32. The molecule has 0 fully saturated rings. The van der Waals surface area contributed by atoms with E-state index in [4.69, 9.17) is 4.74 Å². The topological polar surface area (TPSA) is 35.5 Å². The number of hydrogen-bond donors (Lipinski definition) is 0. The van der Waals surface area contributed by atoms with Crippen LogP contribution in [-0.4, -0.2) is 19.7 Å². The van der Waals surface area contributed by atoms with E-state index in [9.17, 15) is 18.0 Å². The number of methoxy groups -OCH3 is 1. The summed E-state index contributed by atoms with van der Waals surface area (Å²) in [4.78, 5) is 11.3. The number of benzene rings is 1. The molecule has 0 aliphatic carbocycles. The van der Waals surface area contributed by atoms with Crippen molar-refractivity contribution in [3.05, 3.63) is 29.3 Å². The van der Waals surface area contributed by atoms with Crippen LogP contribution in [0.2, 0.25) is 0 Å². The van der Waals surface area contributed by atoms with Gasteiger partial charge in [-0.1, -0.05) is 6.07 Å². The van der Waals surface area contributed by atoms with Gasteiger partial charge in [-0.2, -0.15) is 13.2 Å². The number of ether oxygens (including phenoxy) is 2. The summed E-state index contributed by atoms with van der Waals surface area (Å²) in [6.07, 6.45) is -4.06. The molecular weight excluding hydrogens is 249 g/mol. The van der Waals surface area contributed by atoms with Gasteiger partial charge in [-0.15, -0.1) is 0 Å². The predicted octanol–water partition coefficient (Wildman–Crippen LogP) is 2.43. The molecule has 0 radical (unpaired) electrons. The van der Waals surface area contributed by atoms with E-state index in [1.54, 1.807) is 0 Å². The second-order valence-corrected chi connectivity index (χ2v) is 4.06. The zero-order valence-corrected chi connectivity index (χ0v) is 9.58. The van der Waals surface area contributed by atoms with E-state index in [-0.39, 0.29) is 12.4 Å². The maximum absolute atomic E-state index is 12.5. The highest BCUT2D eigenvalue weighted by Crippen LogP contribution is 2.35. The molecule has 0 bridgehead atoms. The number of carbonyl (C=O) groups is 1. The lowest BCUT2D eigenvalue weighted by molar-refractivity contribution is -0.147. The number of esters is 1. The first kappa shape index (κ1) is 12.7. The number of rotatable bonds is 1. The molecule has 1 aromatic carbocycles. The molecule has 6 heteroatoms. The fraction of sp³-hybridized carbons (Fsp3) is 0.417. The fourth-order valence-corrected chi connectivity index (χ4v) is 1.87. The minimum Gasteiger partial charge on any atom is -0.492 e. The van der Waals surface area contributed by atoms with Gasteiger partial charge in [0.15, 0.2) is 0 Å². The van der Waals surface area contributed by atoms with Crippen molar-refractivity contribution in [3.63, 3.8) is 0 Å². The molecule has 3 nitrogen and oxygen atoms in total. The van der Waals surface area contributed by atoms with Crippen LogP contribution in [-0.2, 0) is 22.1 Å². The predicted molar refractivity (Wildman–Crippen MR) is 56.1 cm³/mol. The third kappa shape index (κ3) is 2.42. The minimum absolute atomic E-state index is 0.0426. The van der Waals surface area contributed by atoms with Crippen molar-refractivity contribution in [3.8, 4) is 5.75 Å². The monoisotopic (exact) mass is 260 g/mol. The summed E-state index contributed by atoms with van der Waals surface area (Å²) in [7, 11) is 1.27. The summed E-state index contributed by atoms with van der Waals surface area (Å²) < 4.78 is 47.2. The summed E-state index contributed by atoms with van der Waals surface area (Å²) >= 11 is 0. The van der Waals surface area contributed by atoms with Gasteiger partial charge in [-0.25, -0.2) is 0 Å². The molecule has 0 spiro atoms. The van der Waals surface area contributed by atoms with Crippen molar-refractivity contribution in [2.45, 2.75) is 12.6 Å². The van der Waals surface area contributed by atoms with Gasteiger partial charge in [0.2, 0.25) is 0 Å². The molecule has 0 aromatic heterocycles. The maximum atomic E-state index is 12.5. The highest BCUT2D eigenvalue weighted by atomic mass is 19.4. The van der Waals surface area contributed by atoms with Crippen molar-refractivity contribution in [1.82, 2.24) is 0 Å². The lowest BCUT2D eigenvalue weighted by Crippen LogP contribution is -2.29. The van der Waals surface area contributed by atoms with Crippen molar-refractivity contribution in [2.75, 3.05) is 13.7 Å². The van der Waals surface area contributed by atoms with Gasteiger partial charge in [0.1, 0.15) is 12.4 Å². The second-order valence-electron chi connectivity index (χ2n) is 4.06. The van der Waals surface area contributed by atoms with Crippen molar-refractivity contribution in [1.29, 1.82) is 0 Å². The van der Waals surface area contributed by atoms with E-state index in [1.165, 1.54) is 13.2 Å². The smallest absolute Gasteiger partial charge is 0.416 e. The molecule has 18 heavy (non-hydrogen) atoms. The third-order valence-electron chi connectivity index (χ3n) is 2.84. The van der Waals surface area contributed by atoms with E-state index < -0.39 is 23.6 Å². The molecule has 0 amide bonds. The van der Waals surface area contributed by atoms with Crippen LogP contribution in [0.25, 0.3) is 0 Å². The summed E-state index contributed by atoms with van der Waals surface area (Å²) in [6, 6.07) is 3.29. The van der Waals surface area contributed by atoms with Crippen LogP contribution >= 0.6 is 0 Å². The van der Waals surface area contributed by atoms with Gasteiger partial charge in [-0.05, 0) is 24.1 Å². The van der Waals surface area contributed by atoms with Gasteiger partial charge in [0, 0.05) is 0 Å². The largest absolute Gasteiger partial charge is 0.492 e.